The molecule has 0 unspecified atom stereocenters. The Kier molecular flexibility index (Phi) is 6.46. The van der Waals surface area contributed by atoms with Crippen LogP contribution in [0.5, 0.6) is 6.01 Å². The first-order valence-electron chi connectivity index (χ1n) is 11.2. The van der Waals surface area contributed by atoms with Gasteiger partial charge in [0.05, 0.1) is 23.7 Å². The maximum absolute atomic E-state index is 11.1. The zero-order valence-electron chi connectivity index (χ0n) is 18.3. The highest BCUT2D eigenvalue weighted by atomic mass is 16.5. The Morgan fingerprint density at radius 1 is 1.20 bits per heavy atom. The van der Waals surface area contributed by atoms with E-state index >= 15 is 0 Å². The van der Waals surface area contributed by atoms with Gasteiger partial charge in [-0.15, -0.1) is 0 Å². The number of hydrogen-bond donors (Lipinski definition) is 2. The summed E-state index contributed by atoms with van der Waals surface area (Å²) in [5.41, 5.74) is 3.21. The van der Waals surface area contributed by atoms with E-state index in [2.05, 4.69) is 33.4 Å². The number of amides is 1. The molecule has 0 bridgehead atoms. The largest absolute Gasteiger partial charge is 0.461 e. The molecule has 1 atom stereocenters. The average Bonchev–Trinajstić information content (AvgIpc) is 3.50. The number of imidazole rings is 1. The lowest BCUT2D eigenvalue weighted by Gasteiger charge is -2.29. The van der Waals surface area contributed by atoms with Crippen molar-refractivity contribution in [2.24, 2.45) is 13.0 Å². The van der Waals surface area contributed by atoms with Crippen molar-refractivity contribution < 1.29 is 14.3 Å². The fourth-order valence-corrected chi connectivity index (χ4v) is 4.10. The van der Waals surface area contributed by atoms with Gasteiger partial charge in [0.1, 0.15) is 6.10 Å². The molecular weight excluding hydrogens is 380 g/mol. The van der Waals surface area contributed by atoms with Crippen molar-refractivity contribution in [1.82, 2.24) is 14.9 Å². The Balaban J connectivity index is 1.28. The number of benzene rings is 1. The quantitative estimate of drug-likeness (QED) is 0.655. The number of nitrogens with zero attached hydrogens (tertiary/aromatic N) is 2. The van der Waals surface area contributed by atoms with E-state index in [1.54, 1.807) is 0 Å². The van der Waals surface area contributed by atoms with E-state index in [-0.39, 0.29) is 24.2 Å². The van der Waals surface area contributed by atoms with E-state index in [9.17, 15) is 4.79 Å². The summed E-state index contributed by atoms with van der Waals surface area (Å²) in [5, 5.41) is 6.39. The lowest BCUT2D eigenvalue weighted by molar-refractivity contribution is -0.120. The summed E-state index contributed by atoms with van der Waals surface area (Å²) in [7, 11) is 2.02. The molecule has 164 valence electrons. The molecule has 2 fully saturated rings. The van der Waals surface area contributed by atoms with Crippen LogP contribution in [0.1, 0.15) is 52.4 Å². The highest BCUT2D eigenvalue weighted by Gasteiger charge is 2.25. The summed E-state index contributed by atoms with van der Waals surface area (Å²) in [6, 6.07) is 7.07. The molecule has 0 radical (unpaired) electrons. The second-order valence-electron chi connectivity index (χ2n) is 8.93. The number of hydrogen-bond acceptors (Lipinski definition) is 5. The number of aromatic nitrogens is 2. The maximum Gasteiger partial charge on any atom is 0.297 e. The van der Waals surface area contributed by atoms with Gasteiger partial charge in [-0.2, -0.15) is 4.98 Å². The smallest absolute Gasteiger partial charge is 0.297 e. The predicted molar refractivity (Wildman–Crippen MR) is 118 cm³/mol. The molecule has 2 aliphatic carbocycles. The summed E-state index contributed by atoms with van der Waals surface area (Å²) in [6.45, 7) is 5.11. The Morgan fingerprint density at radius 2 is 1.93 bits per heavy atom. The van der Waals surface area contributed by atoms with Gasteiger partial charge >= 0.3 is 0 Å². The van der Waals surface area contributed by atoms with E-state index < -0.39 is 0 Å². The molecule has 2 aliphatic rings. The number of carbonyl (C=O) groups is 1. The molecule has 2 N–H and O–H groups in total. The molecule has 2 saturated carbocycles. The molecule has 2 aromatic rings. The normalized spacial score (nSPS) is 22.6. The van der Waals surface area contributed by atoms with Crippen molar-refractivity contribution in [1.29, 1.82) is 0 Å². The van der Waals surface area contributed by atoms with Crippen LogP contribution >= 0.6 is 0 Å². The third-order valence-corrected chi connectivity index (χ3v) is 6.06. The standard InChI is InChI=1S/C23H34N4O3/c1-15(25-16(2)28)14-29-19-7-9-20(10-8-19)30-23-26-21-11-6-18(12-22(21)27(23)3)24-13-17-4-5-17/h6,11-12,15,17,19-20,24H,4-5,7-10,13-14H2,1-3H3,(H,25,28)/t15-,19?,20?/m0/s1. The molecule has 1 heterocycles. The SMILES string of the molecule is CC(=O)N[C@@H](C)COC1CCC(Oc2nc3ccc(NCC4CC4)cc3n2C)CC1. The summed E-state index contributed by atoms with van der Waals surface area (Å²) >= 11 is 0. The van der Waals surface area contributed by atoms with Crippen molar-refractivity contribution in [3.8, 4) is 6.01 Å². The minimum absolute atomic E-state index is 0.0171. The van der Waals surface area contributed by atoms with E-state index in [1.807, 2.05) is 14.0 Å². The van der Waals surface area contributed by atoms with E-state index in [0.29, 0.717) is 12.6 Å². The molecule has 4 rings (SSSR count). The lowest BCUT2D eigenvalue weighted by atomic mass is 9.95. The molecule has 0 saturated heterocycles. The highest BCUT2D eigenvalue weighted by Crippen LogP contribution is 2.31. The second-order valence-corrected chi connectivity index (χ2v) is 8.93. The third-order valence-electron chi connectivity index (χ3n) is 6.06. The number of ether oxygens (including phenoxy) is 2. The van der Waals surface area contributed by atoms with Crippen LogP contribution in [0.4, 0.5) is 5.69 Å². The van der Waals surface area contributed by atoms with Gasteiger partial charge in [-0.25, -0.2) is 0 Å². The molecular formula is C23H34N4O3. The molecule has 7 nitrogen and oxygen atoms in total. The highest BCUT2D eigenvalue weighted by molar-refractivity contribution is 5.80. The molecule has 0 aliphatic heterocycles. The van der Waals surface area contributed by atoms with Crippen molar-refractivity contribution in [3.05, 3.63) is 18.2 Å². The Labute approximate surface area is 178 Å². The Bertz CT molecular complexity index is 869. The molecule has 1 aromatic heterocycles. The zero-order chi connectivity index (χ0) is 21.1. The number of rotatable bonds is 9. The van der Waals surface area contributed by atoms with Gasteiger partial charge in [-0.1, -0.05) is 0 Å². The first-order chi connectivity index (χ1) is 14.5. The minimum atomic E-state index is -0.0171. The molecule has 0 spiro atoms. The van der Waals surface area contributed by atoms with E-state index in [1.165, 1.54) is 19.8 Å². The number of aryl methyl sites for hydroxylation is 1. The van der Waals surface area contributed by atoms with Crippen molar-refractivity contribution in [2.45, 2.75) is 70.6 Å². The fraction of sp³-hybridized carbons (Fsp3) is 0.652. The number of carbonyl (C=O) groups excluding carboxylic acids is 1. The van der Waals surface area contributed by atoms with Gasteiger partial charge < -0.3 is 20.1 Å². The summed E-state index contributed by atoms with van der Waals surface area (Å²) < 4.78 is 14.3. The van der Waals surface area contributed by atoms with Crippen LogP contribution in [0.2, 0.25) is 0 Å². The Hall–Kier alpha value is -2.28. The summed E-state index contributed by atoms with van der Waals surface area (Å²) in [4.78, 5) is 15.8. The summed E-state index contributed by atoms with van der Waals surface area (Å²) in [5.74, 6) is 0.829. The molecule has 30 heavy (non-hydrogen) atoms. The molecule has 1 aromatic carbocycles. The van der Waals surface area contributed by atoms with Crippen molar-refractivity contribution >= 4 is 22.6 Å². The maximum atomic E-state index is 11.1. The molecule has 1 amide bonds. The number of fused-ring (bicyclic) bond motifs is 1. The van der Waals surface area contributed by atoms with Crippen LogP contribution in [0.3, 0.4) is 0 Å². The van der Waals surface area contributed by atoms with E-state index in [0.717, 1.165) is 54.9 Å². The Morgan fingerprint density at radius 3 is 2.63 bits per heavy atom. The van der Waals surface area contributed by atoms with Gasteiger partial charge in [-0.3, -0.25) is 9.36 Å². The van der Waals surface area contributed by atoms with Gasteiger partial charge in [0.2, 0.25) is 5.91 Å². The van der Waals surface area contributed by atoms with Gasteiger partial charge in [-0.05, 0) is 69.6 Å². The van der Waals surface area contributed by atoms with Gasteiger partial charge in [0.15, 0.2) is 0 Å². The van der Waals surface area contributed by atoms with Crippen LogP contribution in [0.15, 0.2) is 18.2 Å². The van der Waals surface area contributed by atoms with Crippen LogP contribution < -0.4 is 15.4 Å². The van der Waals surface area contributed by atoms with Gasteiger partial charge in [0, 0.05) is 32.2 Å². The van der Waals surface area contributed by atoms with Crippen LogP contribution in [-0.4, -0.2) is 46.9 Å². The van der Waals surface area contributed by atoms with E-state index in [4.69, 9.17) is 14.5 Å². The van der Waals surface area contributed by atoms with Crippen LogP contribution in [0, 0.1) is 5.92 Å². The topological polar surface area (TPSA) is 77.4 Å². The first-order valence-corrected chi connectivity index (χ1v) is 11.2. The lowest BCUT2D eigenvalue weighted by Crippen LogP contribution is -2.37. The van der Waals surface area contributed by atoms with Crippen molar-refractivity contribution in [3.63, 3.8) is 0 Å². The second kappa shape index (κ2) is 9.25. The van der Waals surface area contributed by atoms with Crippen molar-refractivity contribution in [2.75, 3.05) is 18.5 Å². The first kappa shape index (κ1) is 21.0. The van der Waals surface area contributed by atoms with Gasteiger partial charge in [0.25, 0.3) is 6.01 Å². The molecule has 7 heteroatoms. The van der Waals surface area contributed by atoms with Crippen LogP contribution in [0.25, 0.3) is 11.0 Å². The summed E-state index contributed by atoms with van der Waals surface area (Å²) in [6.07, 6.45) is 6.95. The van der Waals surface area contributed by atoms with Crippen LogP contribution in [-0.2, 0) is 16.6 Å². The zero-order valence-corrected chi connectivity index (χ0v) is 18.3. The predicted octanol–water partition coefficient (Wildman–Crippen LogP) is 3.63. The minimum Gasteiger partial charge on any atom is -0.461 e. The fourth-order valence-electron chi connectivity index (χ4n) is 4.10. The average molecular weight is 415 g/mol. The monoisotopic (exact) mass is 414 g/mol. The third kappa shape index (κ3) is 5.45. The number of anilines is 1. The number of nitrogens with one attached hydrogen (secondary N) is 2.